The van der Waals surface area contributed by atoms with Crippen molar-refractivity contribution in [3.8, 4) is 0 Å². The summed E-state index contributed by atoms with van der Waals surface area (Å²) in [5.41, 5.74) is -0.721. The van der Waals surface area contributed by atoms with Crippen LogP contribution in [0.3, 0.4) is 0 Å². The van der Waals surface area contributed by atoms with E-state index >= 15 is 0 Å². The molecule has 0 aromatic carbocycles. The first kappa shape index (κ1) is 9.17. The van der Waals surface area contributed by atoms with E-state index in [0.29, 0.717) is 0 Å². The van der Waals surface area contributed by atoms with E-state index in [1.165, 1.54) is 6.08 Å². The van der Waals surface area contributed by atoms with Gasteiger partial charge in [0.1, 0.15) is 5.60 Å². The van der Waals surface area contributed by atoms with Crippen molar-refractivity contribution in [1.82, 2.24) is 0 Å². The Balaban J connectivity index is 3.88. The van der Waals surface area contributed by atoms with Crippen LogP contribution in [0, 0.1) is 0 Å². The van der Waals surface area contributed by atoms with E-state index < -0.39 is 18.2 Å². The molecule has 0 rings (SSSR count). The fourth-order valence-corrected chi connectivity index (χ4v) is 0.365. The van der Waals surface area contributed by atoms with E-state index in [9.17, 15) is 9.90 Å². The van der Waals surface area contributed by atoms with E-state index in [1.54, 1.807) is 13.8 Å². The molecule has 0 N–H and O–H groups in total. The number of esters is 1. The first-order valence-corrected chi connectivity index (χ1v) is 2.95. The molecule has 0 aromatic rings. The van der Waals surface area contributed by atoms with Crippen LogP contribution in [0.25, 0.3) is 0 Å². The van der Waals surface area contributed by atoms with Gasteiger partial charge in [-0.05, 0) is 19.9 Å². The highest BCUT2D eigenvalue weighted by molar-refractivity contribution is 5.70. The average Bonchev–Trinajstić information content (AvgIpc) is 1.87. The van der Waals surface area contributed by atoms with Gasteiger partial charge in [-0.1, -0.05) is 6.58 Å². The van der Waals surface area contributed by atoms with Gasteiger partial charge < -0.3 is 4.74 Å². The number of hydrogen-bond acceptors (Lipinski definition) is 2. The summed E-state index contributed by atoms with van der Waals surface area (Å²) in [6.45, 7) is 5.92. The second-order valence-electron chi connectivity index (χ2n) is 2.43. The van der Waals surface area contributed by atoms with E-state index in [-0.39, 0.29) is 0 Å². The molecule has 0 aliphatic heterocycles. The van der Waals surface area contributed by atoms with Gasteiger partial charge in [-0.25, -0.2) is 9.90 Å². The van der Waals surface area contributed by atoms with Gasteiger partial charge in [-0.2, -0.15) is 0 Å². The maximum absolute atomic E-state index is 10.4. The SMILES string of the molecule is C=CC(C)(C)OC(=O)C[O]. The molecule has 0 bridgehead atoms. The number of hydrogen-bond donors (Lipinski definition) is 0. The molecule has 3 nitrogen and oxygen atoms in total. The van der Waals surface area contributed by atoms with Crippen molar-refractivity contribution in [2.45, 2.75) is 19.4 Å². The van der Waals surface area contributed by atoms with Crippen molar-refractivity contribution >= 4 is 5.97 Å². The fourth-order valence-electron chi connectivity index (χ4n) is 0.365. The first-order chi connectivity index (χ1) is 4.52. The third-order valence-corrected chi connectivity index (χ3v) is 0.986. The molecule has 0 aromatic heterocycles. The van der Waals surface area contributed by atoms with Crippen LogP contribution >= 0.6 is 0 Å². The maximum atomic E-state index is 10.4. The molecule has 0 saturated heterocycles. The van der Waals surface area contributed by atoms with Gasteiger partial charge >= 0.3 is 5.97 Å². The molecule has 0 spiro atoms. The van der Waals surface area contributed by atoms with Crippen LogP contribution in [0.1, 0.15) is 13.8 Å². The highest BCUT2D eigenvalue weighted by atomic mass is 16.6. The van der Waals surface area contributed by atoms with Crippen molar-refractivity contribution < 1.29 is 14.6 Å². The van der Waals surface area contributed by atoms with Gasteiger partial charge in [0.05, 0.1) is 0 Å². The van der Waals surface area contributed by atoms with Crippen LogP contribution in [0.4, 0.5) is 0 Å². The van der Waals surface area contributed by atoms with Crippen molar-refractivity contribution in [2.75, 3.05) is 6.61 Å². The zero-order chi connectivity index (χ0) is 8.20. The molecule has 0 atom stereocenters. The molecule has 3 heteroatoms. The van der Waals surface area contributed by atoms with E-state index in [4.69, 9.17) is 0 Å². The lowest BCUT2D eigenvalue weighted by atomic mass is 10.1. The second kappa shape index (κ2) is 3.37. The van der Waals surface area contributed by atoms with Gasteiger partial charge in [-0.15, -0.1) is 0 Å². The summed E-state index contributed by atoms with van der Waals surface area (Å²) in [7, 11) is 0. The van der Waals surface area contributed by atoms with Crippen LogP contribution in [0.15, 0.2) is 12.7 Å². The summed E-state index contributed by atoms with van der Waals surface area (Å²) in [5, 5.41) is 9.91. The molecule has 0 amide bonds. The summed E-state index contributed by atoms with van der Waals surface area (Å²) >= 11 is 0. The Kier molecular flexibility index (Phi) is 3.09. The second-order valence-corrected chi connectivity index (χ2v) is 2.43. The smallest absolute Gasteiger partial charge is 0.336 e. The zero-order valence-corrected chi connectivity index (χ0v) is 6.22. The Bertz CT molecular complexity index is 138. The summed E-state index contributed by atoms with van der Waals surface area (Å²) in [6.07, 6.45) is 1.47. The quantitative estimate of drug-likeness (QED) is 0.435. The van der Waals surface area contributed by atoms with Gasteiger partial charge in [0.2, 0.25) is 0 Å². The molecule has 1 radical (unpaired) electrons. The lowest BCUT2D eigenvalue weighted by molar-refractivity contribution is -0.157. The predicted molar refractivity (Wildman–Crippen MR) is 35.9 cm³/mol. The minimum atomic E-state index is -0.836. The number of carbonyl (C=O) groups is 1. The molecule has 0 unspecified atom stereocenters. The first-order valence-electron chi connectivity index (χ1n) is 2.95. The monoisotopic (exact) mass is 143 g/mol. The van der Waals surface area contributed by atoms with Crippen molar-refractivity contribution in [1.29, 1.82) is 0 Å². The molecular formula is C7H11O3. The van der Waals surface area contributed by atoms with E-state index in [0.717, 1.165) is 0 Å². The standard InChI is InChI=1S/C7H11O3/c1-4-7(2,3)10-6(9)5-8/h4H,1,5H2,2-3H3. The number of ether oxygens (including phenoxy) is 1. The minimum absolute atomic E-state index is 0.721. The van der Waals surface area contributed by atoms with Crippen LogP contribution in [-0.2, 0) is 14.6 Å². The highest BCUT2D eigenvalue weighted by Gasteiger charge is 2.17. The van der Waals surface area contributed by atoms with E-state index in [1.807, 2.05) is 0 Å². The number of carbonyl (C=O) groups excluding carboxylic acids is 1. The molecule has 0 heterocycles. The van der Waals surface area contributed by atoms with E-state index in [2.05, 4.69) is 11.3 Å². The largest absolute Gasteiger partial charge is 0.454 e. The summed E-state index contributed by atoms with van der Waals surface area (Å²) in [6, 6.07) is 0. The normalized spacial score (nSPS) is 10.7. The van der Waals surface area contributed by atoms with Crippen LogP contribution in [0.5, 0.6) is 0 Å². The Morgan fingerprint density at radius 3 is 2.50 bits per heavy atom. The Morgan fingerprint density at radius 2 is 2.20 bits per heavy atom. The molecule has 0 fully saturated rings. The fraction of sp³-hybridized carbons (Fsp3) is 0.571. The van der Waals surface area contributed by atoms with Gasteiger partial charge in [-0.3, -0.25) is 0 Å². The third-order valence-electron chi connectivity index (χ3n) is 0.986. The van der Waals surface area contributed by atoms with Crippen LogP contribution < -0.4 is 0 Å². The summed E-state index contributed by atoms with van der Waals surface area (Å²) in [4.78, 5) is 10.4. The lowest BCUT2D eigenvalue weighted by Crippen LogP contribution is -2.26. The van der Waals surface area contributed by atoms with Crippen LogP contribution in [0.2, 0.25) is 0 Å². The van der Waals surface area contributed by atoms with Crippen LogP contribution in [-0.4, -0.2) is 18.2 Å². The molecule has 0 saturated carbocycles. The average molecular weight is 143 g/mol. The minimum Gasteiger partial charge on any atom is -0.454 e. The van der Waals surface area contributed by atoms with Gasteiger partial charge in [0.25, 0.3) is 0 Å². The van der Waals surface area contributed by atoms with Gasteiger partial charge in [0.15, 0.2) is 6.61 Å². The van der Waals surface area contributed by atoms with Crippen molar-refractivity contribution in [3.05, 3.63) is 12.7 Å². The summed E-state index contributed by atoms with van der Waals surface area (Å²) < 4.78 is 4.67. The maximum Gasteiger partial charge on any atom is 0.336 e. The van der Waals surface area contributed by atoms with Crippen molar-refractivity contribution in [3.63, 3.8) is 0 Å². The zero-order valence-electron chi connectivity index (χ0n) is 6.22. The Labute approximate surface area is 60.3 Å². The molecule has 0 aliphatic rings. The molecule has 0 aliphatic carbocycles. The third kappa shape index (κ3) is 3.25. The topological polar surface area (TPSA) is 46.2 Å². The predicted octanol–water partition coefficient (Wildman–Crippen LogP) is 0.925. The van der Waals surface area contributed by atoms with Crippen molar-refractivity contribution in [2.24, 2.45) is 0 Å². The molecular weight excluding hydrogens is 132 g/mol. The highest BCUT2D eigenvalue weighted by Crippen LogP contribution is 2.09. The molecule has 57 valence electrons. The number of rotatable bonds is 3. The Morgan fingerprint density at radius 1 is 1.70 bits per heavy atom. The van der Waals surface area contributed by atoms with Gasteiger partial charge in [0, 0.05) is 0 Å². The Hall–Kier alpha value is -0.830. The lowest BCUT2D eigenvalue weighted by Gasteiger charge is -2.19. The summed E-state index contributed by atoms with van der Waals surface area (Å²) in [5.74, 6) is -0.745. The molecule has 10 heavy (non-hydrogen) atoms.